The minimum Gasteiger partial charge on any atom is -0.318 e. The van der Waals surface area contributed by atoms with Gasteiger partial charge in [-0.2, -0.15) is 0 Å². The van der Waals surface area contributed by atoms with Crippen LogP contribution in [0.3, 0.4) is 0 Å². The summed E-state index contributed by atoms with van der Waals surface area (Å²) < 4.78 is 0.564. The molecule has 0 saturated heterocycles. The fraction of sp³-hybridized carbons (Fsp3) is 1.00. The van der Waals surface area contributed by atoms with Crippen LogP contribution < -0.4 is 0 Å². The molecule has 10 heavy (non-hydrogen) atoms. The third-order valence-corrected chi connectivity index (χ3v) is 5.14. The van der Waals surface area contributed by atoms with Gasteiger partial charge in [0.2, 0.25) is 0 Å². The Labute approximate surface area is 71.5 Å². The molecule has 1 nitrogen and oxygen atoms in total. The summed E-state index contributed by atoms with van der Waals surface area (Å²) in [4.78, 5) is 2.39. The van der Waals surface area contributed by atoms with Crippen LogP contribution in [0.25, 0.3) is 0 Å². The van der Waals surface area contributed by atoms with E-state index in [0.717, 1.165) is 0 Å². The first-order valence-electron chi connectivity index (χ1n) is 4.24. The molecule has 0 fully saturated rings. The molecule has 0 N–H and O–H groups in total. The molecule has 0 spiro atoms. The van der Waals surface area contributed by atoms with E-state index in [2.05, 4.69) is 38.6 Å². The summed E-state index contributed by atoms with van der Waals surface area (Å²) in [5, 5.41) is 0. The first-order chi connectivity index (χ1) is 4.56. The van der Waals surface area contributed by atoms with Crippen molar-refractivity contribution in [3.05, 3.63) is 0 Å². The van der Waals surface area contributed by atoms with E-state index in [4.69, 9.17) is 0 Å². The molecular formula is C8H20AlN. The van der Waals surface area contributed by atoms with Gasteiger partial charge in [0.1, 0.15) is 0 Å². The molecule has 1 atom stereocenters. The molecule has 0 aliphatic rings. The quantitative estimate of drug-likeness (QED) is 0.560. The summed E-state index contributed by atoms with van der Waals surface area (Å²) >= 11 is 0.0990. The van der Waals surface area contributed by atoms with Gasteiger partial charge in [-0.05, 0) is 24.9 Å². The SMILES string of the molecule is CCC[C](C)([AlH][CH3])N(C)C. The van der Waals surface area contributed by atoms with Crippen molar-refractivity contribution >= 4 is 15.2 Å². The summed E-state index contributed by atoms with van der Waals surface area (Å²) in [5.41, 5.74) is 0. The van der Waals surface area contributed by atoms with Crippen molar-refractivity contribution in [2.45, 2.75) is 36.9 Å². The van der Waals surface area contributed by atoms with Crippen molar-refractivity contribution in [2.24, 2.45) is 0 Å². The van der Waals surface area contributed by atoms with Crippen LogP contribution in [0.1, 0.15) is 26.7 Å². The fourth-order valence-electron chi connectivity index (χ4n) is 1.26. The van der Waals surface area contributed by atoms with Crippen LogP contribution in [-0.2, 0) is 0 Å². The highest BCUT2D eigenvalue weighted by atomic mass is 27.1. The molecule has 1 unspecified atom stereocenters. The third kappa shape index (κ3) is 2.62. The average Bonchev–Trinajstić information content (AvgIpc) is 1.88. The Morgan fingerprint density at radius 1 is 1.40 bits per heavy atom. The van der Waals surface area contributed by atoms with Gasteiger partial charge in [0.15, 0.2) is 0 Å². The monoisotopic (exact) mass is 157 g/mol. The molecule has 0 heterocycles. The Balaban J connectivity index is 3.94. The van der Waals surface area contributed by atoms with Crippen LogP contribution in [0.2, 0.25) is 5.79 Å². The van der Waals surface area contributed by atoms with Gasteiger partial charge in [0, 0.05) is 0 Å². The molecule has 60 valence electrons. The van der Waals surface area contributed by atoms with Crippen molar-refractivity contribution < 1.29 is 0 Å². The Morgan fingerprint density at radius 3 is 2.00 bits per heavy atom. The topological polar surface area (TPSA) is 3.24 Å². The van der Waals surface area contributed by atoms with Gasteiger partial charge < -0.3 is 4.90 Å². The first kappa shape index (κ1) is 10.5. The van der Waals surface area contributed by atoms with Crippen molar-refractivity contribution in [3.8, 4) is 0 Å². The zero-order valence-electron chi connectivity index (χ0n) is 8.07. The average molecular weight is 157 g/mol. The molecular weight excluding hydrogens is 137 g/mol. The number of hydrogen-bond donors (Lipinski definition) is 0. The molecule has 0 aliphatic carbocycles. The predicted molar refractivity (Wildman–Crippen MR) is 50.0 cm³/mol. The Kier molecular flexibility index (Phi) is 4.60. The molecule has 0 aromatic heterocycles. The Hall–Kier alpha value is 0.492. The van der Waals surface area contributed by atoms with E-state index in [0.29, 0.717) is 4.40 Å². The molecule has 0 amide bonds. The van der Waals surface area contributed by atoms with E-state index in [1.165, 1.54) is 12.8 Å². The van der Waals surface area contributed by atoms with Crippen LogP contribution in [0.15, 0.2) is 0 Å². The van der Waals surface area contributed by atoms with Crippen molar-refractivity contribution in [3.63, 3.8) is 0 Å². The highest BCUT2D eigenvalue weighted by molar-refractivity contribution is 6.38. The zero-order valence-corrected chi connectivity index (χ0v) is 9.48. The Bertz CT molecular complexity index is 93.3. The van der Waals surface area contributed by atoms with Crippen LogP contribution in [0.4, 0.5) is 0 Å². The molecule has 0 saturated carbocycles. The van der Waals surface area contributed by atoms with Crippen molar-refractivity contribution in [1.82, 2.24) is 4.90 Å². The molecule has 2 heteroatoms. The van der Waals surface area contributed by atoms with Gasteiger partial charge in [-0.1, -0.05) is 20.3 Å². The third-order valence-electron chi connectivity index (χ3n) is 2.63. The summed E-state index contributed by atoms with van der Waals surface area (Å²) in [6.07, 6.45) is 2.68. The van der Waals surface area contributed by atoms with Gasteiger partial charge >= 0.3 is 0 Å². The standard InChI is InChI=1S/C7H16N.CH3.Al.H/c1-5-6-7(2)8(3)4;;;/h5-6H2,1-4H3;1H3;;. The van der Waals surface area contributed by atoms with Crippen molar-refractivity contribution in [2.75, 3.05) is 14.1 Å². The van der Waals surface area contributed by atoms with Crippen LogP contribution in [0, 0.1) is 0 Å². The van der Waals surface area contributed by atoms with Crippen LogP contribution in [0.5, 0.6) is 0 Å². The van der Waals surface area contributed by atoms with Gasteiger partial charge in [-0.15, -0.1) is 5.79 Å². The second kappa shape index (κ2) is 4.39. The maximum absolute atomic E-state index is 2.40. The lowest BCUT2D eigenvalue weighted by Crippen LogP contribution is -2.45. The highest BCUT2D eigenvalue weighted by Gasteiger charge is 2.24. The molecule has 0 radical (unpaired) electrons. The molecule has 0 aromatic carbocycles. The summed E-state index contributed by atoms with van der Waals surface area (Å²) in [7, 11) is 4.40. The molecule has 0 aliphatic heterocycles. The van der Waals surface area contributed by atoms with Gasteiger partial charge in [-0.25, -0.2) is 0 Å². The summed E-state index contributed by atoms with van der Waals surface area (Å²) in [5.74, 6) is 2.40. The maximum atomic E-state index is 2.40. The molecule has 0 aromatic rings. The lowest BCUT2D eigenvalue weighted by Gasteiger charge is -2.35. The normalized spacial score (nSPS) is 17.0. The maximum Gasteiger partial charge on any atom is 0.264 e. The number of hydrogen-bond acceptors (Lipinski definition) is 1. The van der Waals surface area contributed by atoms with E-state index in [1.54, 1.807) is 0 Å². The van der Waals surface area contributed by atoms with E-state index < -0.39 is 0 Å². The number of rotatable bonds is 4. The lowest BCUT2D eigenvalue weighted by atomic mass is 10.2. The largest absolute Gasteiger partial charge is 0.318 e. The highest BCUT2D eigenvalue weighted by Crippen LogP contribution is 2.16. The van der Waals surface area contributed by atoms with E-state index in [9.17, 15) is 0 Å². The van der Waals surface area contributed by atoms with Gasteiger partial charge in [-0.3, -0.25) is 0 Å². The molecule has 0 rings (SSSR count). The Morgan fingerprint density at radius 2 is 1.90 bits per heavy atom. The predicted octanol–water partition coefficient (Wildman–Crippen LogP) is 1.55. The van der Waals surface area contributed by atoms with Crippen LogP contribution in [-0.4, -0.2) is 38.6 Å². The first-order valence-corrected chi connectivity index (χ1v) is 6.36. The minimum atomic E-state index is 0.0990. The summed E-state index contributed by atoms with van der Waals surface area (Å²) in [6.45, 7) is 4.66. The van der Waals surface area contributed by atoms with Crippen LogP contribution >= 0.6 is 0 Å². The van der Waals surface area contributed by atoms with Gasteiger partial charge in [0.05, 0.1) is 0 Å². The van der Waals surface area contributed by atoms with E-state index >= 15 is 0 Å². The second-order valence-electron chi connectivity index (χ2n) is 3.49. The van der Waals surface area contributed by atoms with Crippen molar-refractivity contribution in [1.29, 1.82) is 0 Å². The second-order valence-corrected chi connectivity index (χ2v) is 5.73. The lowest BCUT2D eigenvalue weighted by molar-refractivity contribution is 0.248. The fourth-order valence-corrected chi connectivity index (χ4v) is 2.59. The summed E-state index contributed by atoms with van der Waals surface area (Å²) in [6, 6.07) is 0. The van der Waals surface area contributed by atoms with Gasteiger partial charge in [0.25, 0.3) is 15.2 Å². The molecule has 0 bridgehead atoms. The minimum absolute atomic E-state index is 0.0990. The smallest absolute Gasteiger partial charge is 0.264 e. The zero-order chi connectivity index (χ0) is 8.20. The van der Waals surface area contributed by atoms with E-state index in [-0.39, 0.29) is 15.2 Å². The van der Waals surface area contributed by atoms with E-state index in [1.807, 2.05) is 0 Å². The number of nitrogens with zero attached hydrogens (tertiary/aromatic N) is 1.